The Kier molecular flexibility index (Phi) is 5.44. The molecule has 1 heterocycles. The first kappa shape index (κ1) is 20.6. The summed E-state index contributed by atoms with van der Waals surface area (Å²) in [7, 11) is 0. The summed E-state index contributed by atoms with van der Waals surface area (Å²) in [5.41, 5.74) is 4.60. The van der Waals surface area contributed by atoms with Crippen LogP contribution in [0.15, 0.2) is 71.7 Å². The van der Waals surface area contributed by atoms with E-state index in [1.54, 1.807) is 6.07 Å². The second kappa shape index (κ2) is 7.90. The minimum absolute atomic E-state index is 0.0283. The largest absolute Gasteiger partial charge is 0.321 e. The van der Waals surface area contributed by atoms with E-state index in [0.29, 0.717) is 28.0 Å². The Labute approximate surface area is 187 Å². The van der Waals surface area contributed by atoms with Crippen molar-refractivity contribution in [2.75, 3.05) is 4.90 Å². The van der Waals surface area contributed by atoms with Crippen molar-refractivity contribution in [1.29, 1.82) is 0 Å². The highest BCUT2D eigenvalue weighted by atomic mass is 35.5. The molecule has 0 aromatic heterocycles. The minimum atomic E-state index is -0.278. The van der Waals surface area contributed by atoms with Crippen molar-refractivity contribution in [3.63, 3.8) is 0 Å². The van der Waals surface area contributed by atoms with E-state index in [1.807, 2.05) is 65.6 Å². The number of fused-ring (bicyclic) bond motifs is 1. The van der Waals surface area contributed by atoms with Crippen LogP contribution in [-0.2, 0) is 12.0 Å². The summed E-state index contributed by atoms with van der Waals surface area (Å²) >= 11 is 12.4. The highest BCUT2D eigenvalue weighted by Crippen LogP contribution is 2.33. The van der Waals surface area contributed by atoms with E-state index in [-0.39, 0.29) is 11.3 Å². The molecule has 0 radical (unpaired) electrons. The van der Waals surface area contributed by atoms with Gasteiger partial charge in [-0.25, -0.2) is 0 Å². The van der Waals surface area contributed by atoms with E-state index in [1.165, 1.54) is 5.56 Å². The van der Waals surface area contributed by atoms with Gasteiger partial charge in [0, 0.05) is 26.9 Å². The molecule has 0 N–H and O–H groups in total. The zero-order valence-corrected chi connectivity index (χ0v) is 18.6. The predicted octanol–water partition coefficient (Wildman–Crippen LogP) is 6.90. The van der Waals surface area contributed by atoms with Gasteiger partial charge >= 0.3 is 0 Å². The normalized spacial score (nSPS) is 14.8. The molecule has 0 atom stereocenters. The van der Waals surface area contributed by atoms with Crippen molar-refractivity contribution >= 4 is 40.6 Å². The predicted molar refractivity (Wildman–Crippen MR) is 125 cm³/mol. The van der Waals surface area contributed by atoms with Crippen LogP contribution in [0.5, 0.6) is 0 Å². The third kappa shape index (κ3) is 4.14. The van der Waals surface area contributed by atoms with Crippen molar-refractivity contribution in [2.45, 2.75) is 32.7 Å². The number of anilines is 1. The van der Waals surface area contributed by atoms with E-state index in [0.717, 1.165) is 16.8 Å². The standard InChI is InChI=1S/C25H22Cl2N2O/c1-25(2,3)18-10-8-16(9-11-18)24(30)28-23-22-7-5-4-6-17(22)15-29(23)21-13-19(26)12-20(27)14-21/h4-14H,15H2,1-3H3. The fourth-order valence-corrected chi connectivity index (χ4v) is 4.08. The lowest BCUT2D eigenvalue weighted by molar-refractivity contribution is 0.100. The molecule has 30 heavy (non-hydrogen) atoms. The fourth-order valence-electron chi connectivity index (χ4n) is 3.57. The monoisotopic (exact) mass is 436 g/mol. The maximum absolute atomic E-state index is 13.0. The van der Waals surface area contributed by atoms with Crippen molar-refractivity contribution in [3.05, 3.63) is 99.0 Å². The second-order valence-electron chi connectivity index (χ2n) is 8.44. The molecule has 1 aliphatic rings. The van der Waals surface area contributed by atoms with Crippen LogP contribution < -0.4 is 4.90 Å². The molecule has 0 spiro atoms. The number of carbonyl (C=O) groups excluding carboxylic acids is 1. The molecule has 1 aliphatic heterocycles. The number of nitrogens with zero attached hydrogens (tertiary/aromatic N) is 2. The Morgan fingerprint density at radius 2 is 1.57 bits per heavy atom. The summed E-state index contributed by atoms with van der Waals surface area (Å²) in [6, 6.07) is 21.0. The van der Waals surface area contributed by atoms with E-state index in [2.05, 4.69) is 25.8 Å². The lowest BCUT2D eigenvalue weighted by atomic mass is 9.87. The summed E-state index contributed by atoms with van der Waals surface area (Å²) in [5.74, 6) is 0.328. The summed E-state index contributed by atoms with van der Waals surface area (Å²) in [6.45, 7) is 7.04. The molecule has 0 aliphatic carbocycles. The van der Waals surface area contributed by atoms with Gasteiger partial charge in [0.15, 0.2) is 0 Å². The molecule has 0 saturated carbocycles. The van der Waals surface area contributed by atoms with Gasteiger partial charge in [0.05, 0.1) is 6.54 Å². The van der Waals surface area contributed by atoms with E-state index in [4.69, 9.17) is 23.2 Å². The third-order valence-corrected chi connectivity index (χ3v) is 5.64. The average Bonchev–Trinajstić information content (AvgIpc) is 3.05. The molecule has 0 saturated heterocycles. The van der Waals surface area contributed by atoms with Crippen LogP contribution in [-0.4, -0.2) is 11.7 Å². The Bertz CT molecular complexity index is 1120. The number of hydrogen-bond donors (Lipinski definition) is 0. The molecule has 3 aromatic rings. The van der Waals surface area contributed by atoms with Gasteiger partial charge in [0.1, 0.15) is 5.84 Å². The smallest absolute Gasteiger partial charge is 0.278 e. The van der Waals surface area contributed by atoms with Crippen LogP contribution in [0, 0.1) is 0 Å². The van der Waals surface area contributed by atoms with E-state index in [9.17, 15) is 4.79 Å². The zero-order chi connectivity index (χ0) is 21.5. The fraction of sp³-hybridized carbons (Fsp3) is 0.200. The molecule has 5 heteroatoms. The van der Waals surface area contributed by atoms with Crippen molar-refractivity contribution < 1.29 is 4.79 Å². The second-order valence-corrected chi connectivity index (χ2v) is 9.31. The number of aliphatic imine (C=N–C) groups is 1. The Morgan fingerprint density at radius 1 is 0.933 bits per heavy atom. The number of hydrogen-bond acceptors (Lipinski definition) is 1. The Balaban J connectivity index is 1.74. The van der Waals surface area contributed by atoms with Gasteiger partial charge in [-0.2, -0.15) is 4.99 Å². The van der Waals surface area contributed by atoms with E-state index < -0.39 is 0 Å². The number of benzene rings is 3. The van der Waals surface area contributed by atoms with Crippen molar-refractivity contribution in [3.8, 4) is 0 Å². The summed E-state index contributed by atoms with van der Waals surface area (Å²) in [5, 5.41) is 1.08. The zero-order valence-electron chi connectivity index (χ0n) is 17.1. The quantitative estimate of drug-likeness (QED) is 0.437. The first-order valence-electron chi connectivity index (χ1n) is 9.78. The van der Waals surface area contributed by atoms with E-state index >= 15 is 0 Å². The van der Waals surface area contributed by atoms with Crippen LogP contribution in [0.25, 0.3) is 0 Å². The Hall–Kier alpha value is -2.62. The van der Waals surface area contributed by atoms with Gasteiger partial charge in [-0.15, -0.1) is 0 Å². The van der Waals surface area contributed by atoms with Crippen molar-refractivity contribution in [2.24, 2.45) is 4.99 Å². The highest BCUT2D eigenvalue weighted by Gasteiger charge is 2.28. The molecule has 1 amide bonds. The molecule has 0 fully saturated rings. The number of rotatable bonds is 2. The van der Waals surface area contributed by atoms with Gasteiger partial charge in [-0.3, -0.25) is 4.79 Å². The third-order valence-electron chi connectivity index (χ3n) is 5.21. The lowest BCUT2D eigenvalue weighted by Gasteiger charge is -2.20. The van der Waals surface area contributed by atoms with Gasteiger partial charge in [-0.05, 0) is 46.9 Å². The molecule has 152 valence electrons. The van der Waals surface area contributed by atoms with Gasteiger partial charge < -0.3 is 4.90 Å². The molecular formula is C25H22Cl2N2O. The van der Waals surface area contributed by atoms with Crippen LogP contribution in [0.2, 0.25) is 10.0 Å². The highest BCUT2D eigenvalue weighted by molar-refractivity contribution is 6.35. The Morgan fingerprint density at radius 3 is 2.20 bits per heavy atom. The van der Waals surface area contributed by atoms with Gasteiger partial charge in [0.25, 0.3) is 5.91 Å². The summed E-state index contributed by atoms with van der Waals surface area (Å²) < 4.78 is 0. The molecule has 3 aromatic carbocycles. The first-order valence-corrected chi connectivity index (χ1v) is 10.5. The molecule has 0 unspecified atom stereocenters. The number of halogens is 2. The lowest BCUT2D eigenvalue weighted by Crippen LogP contribution is -2.25. The molecule has 0 bridgehead atoms. The van der Waals surface area contributed by atoms with Crippen LogP contribution in [0.4, 0.5) is 5.69 Å². The van der Waals surface area contributed by atoms with Gasteiger partial charge in [-0.1, -0.05) is 80.4 Å². The first-order chi connectivity index (χ1) is 14.2. The maximum Gasteiger partial charge on any atom is 0.278 e. The summed E-state index contributed by atoms with van der Waals surface area (Å²) in [6.07, 6.45) is 0. The maximum atomic E-state index is 13.0. The molecule has 4 rings (SSSR count). The summed E-state index contributed by atoms with van der Waals surface area (Å²) in [4.78, 5) is 19.5. The van der Waals surface area contributed by atoms with Gasteiger partial charge in [0.2, 0.25) is 0 Å². The van der Waals surface area contributed by atoms with Crippen LogP contribution >= 0.6 is 23.2 Å². The topological polar surface area (TPSA) is 32.7 Å². The molecular weight excluding hydrogens is 415 g/mol. The minimum Gasteiger partial charge on any atom is -0.321 e. The van der Waals surface area contributed by atoms with Crippen molar-refractivity contribution in [1.82, 2.24) is 0 Å². The van der Waals surface area contributed by atoms with Crippen LogP contribution in [0.3, 0.4) is 0 Å². The number of amidine groups is 1. The number of carbonyl (C=O) groups is 1. The number of amides is 1. The average molecular weight is 437 g/mol. The molecule has 3 nitrogen and oxygen atoms in total. The van der Waals surface area contributed by atoms with Crippen LogP contribution in [0.1, 0.15) is 47.8 Å². The SMILES string of the molecule is CC(C)(C)c1ccc(C(=O)N=C2c3ccccc3CN2c2cc(Cl)cc(Cl)c2)cc1.